The number of hydrogen-bond donors (Lipinski definition) is 1. The van der Waals surface area contributed by atoms with E-state index in [9.17, 15) is 24.3 Å². The number of esters is 2. The minimum atomic E-state index is -2.08. The maximum atomic E-state index is 17.3. The number of aliphatic hydroxyl groups is 1. The Morgan fingerprint density at radius 2 is 1.92 bits per heavy atom. The molecule has 7 nitrogen and oxygen atoms in total. The highest BCUT2D eigenvalue weighted by molar-refractivity contribution is 6.26. The number of carbonyl (C=O) groups excluding carboxylic acids is 4. The zero-order chi connectivity index (χ0) is 26.7. The van der Waals surface area contributed by atoms with Crippen LogP contribution in [0.3, 0.4) is 0 Å². The molecule has 0 spiro atoms. The van der Waals surface area contributed by atoms with Gasteiger partial charge in [0.15, 0.2) is 23.7 Å². The van der Waals surface area contributed by atoms with E-state index < -0.39 is 76.2 Å². The number of hydrogen-bond acceptors (Lipinski definition) is 7. The molecule has 4 aliphatic carbocycles. The van der Waals surface area contributed by atoms with Gasteiger partial charge in [-0.15, -0.1) is 11.6 Å². The smallest absolute Gasteiger partial charge is 0.321 e. The van der Waals surface area contributed by atoms with Crippen LogP contribution in [0.2, 0.25) is 0 Å². The van der Waals surface area contributed by atoms with Crippen molar-refractivity contribution in [1.82, 2.24) is 0 Å². The van der Waals surface area contributed by atoms with E-state index in [1.807, 2.05) is 0 Å². The molecule has 0 radical (unpaired) electrons. The van der Waals surface area contributed by atoms with Crippen LogP contribution >= 0.6 is 11.6 Å². The molecule has 4 rings (SSSR count). The fourth-order valence-corrected chi connectivity index (χ4v) is 8.02. The van der Waals surface area contributed by atoms with Gasteiger partial charge >= 0.3 is 11.9 Å². The molecule has 0 aromatic heterocycles. The van der Waals surface area contributed by atoms with Crippen molar-refractivity contribution in [2.24, 2.45) is 28.6 Å². The summed E-state index contributed by atoms with van der Waals surface area (Å²) >= 11 is 5.76. The summed E-state index contributed by atoms with van der Waals surface area (Å²) in [4.78, 5) is 50.1. The molecule has 0 saturated heterocycles. The van der Waals surface area contributed by atoms with Gasteiger partial charge in [-0.25, -0.2) is 4.39 Å². The fourth-order valence-electron chi connectivity index (χ4n) is 7.96. The maximum Gasteiger partial charge on any atom is 0.321 e. The Kier molecular flexibility index (Phi) is 6.78. The summed E-state index contributed by atoms with van der Waals surface area (Å²) in [7, 11) is 0. The lowest BCUT2D eigenvalue weighted by molar-refractivity contribution is -0.227. The quantitative estimate of drug-likeness (QED) is 0.417. The van der Waals surface area contributed by atoms with Crippen molar-refractivity contribution in [3.63, 3.8) is 0 Å². The van der Waals surface area contributed by atoms with Crippen molar-refractivity contribution in [3.8, 4) is 0 Å². The molecule has 198 valence electrons. The number of Topliss-reactive ketones (excluding diaryl/α,β-unsaturated/α-hetero) is 1. The molecule has 4 aliphatic rings. The number of alkyl halides is 2. The molecule has 3 fully saturated rings. The number of allylic oxidation sites excluding steroid dienone is 4. The van der Waals surface area contributed by atoms with Crippen molar-refractivity contribution in [1.29, 1.82) is 0 Å². The Morgan fingerprint density at radius 3 is 2.56 bits per heavy atom. The Bertz CT molecular complexity index is 1050. The van der Waals surface area contributed by atoms with Crippen LogP contribution in [0.5, 0.6) is 0 Å². The second-order valence-electron chi connectivity index (χ2n) is 11.2. The van der Waals surface area contributed by atoms with E-state index in [4.69, 9.17) is 21.1 Å². The number of carbonyl (C=O) groups is 4. The van der Waals surface area contributed by atoms with Crippen LogP contribution in [0.1, 0.15) is 59.8 Å². The Morgan fingerprint density at radius 1 is 1.22 bits per heavy atom. The topological polar surface area (TPSA) is 107 Å². The average Bonchev–Trinajstić information content (AvgIpc) is 3.05. The predicted molar refractivity (Wildman–Crippen MR) is 129 cm³/mol. The number of ketones is 2. The summed E-state index contributed by atoms with van der Waals surface area (Å²) in [6.07, 6.45) is 4.04. The monoisotopic (exact) mass is 524 g/mol. The van der Waals surface area contributed by atoms with Crippen LogP contribution in [-0.4, -0.2) is 58.5 Å². The maximum absolute atomic E-state index is 17.3. The summed E-state index contributed by atoms with van der Waals surface area (Å²) in [6, 6.07) is 0. The Hall–Kier alpha value is -2.06. The van der Waals surface area contributed by atoms with Crippen molar-refractivity contribution in [3.05, 3.63) is 23.8 Å². The third-order valence-electron chi connectivity index (χ3n) is 9.63. The van der Waals surface area contributed by atoms with Crippen LogP contribution in [0.4, 0.5) is 4.39 Å². The highest BCUT2D eigenvalue weighted by atomic mass is 35.5. The molecule has 0 aliphatic heterocycles. The van der Waals surface area contributed by atoms with Crippen LogP contribution < -0.4 is 0 Å². The van der Waals surface area contributed by atoms with E-state index in [2.05, 4.69) is 0 Å². The molecule has 8 atom stereocenters. The largest absolute Gasteiger partial charge is 0.457 e. The molecule has 0 aromatic carbocycles. The summed E-state index contributed by atoms with van der Waals surface area (Å²) in [6.45, 7) is 6.26. The van der Waals surface area contributed by atoms with Gasteiger partial charge in [0.2, 0.25) is 5.78 Å². The van der Waals surface area contributed by atoms with E-state index in [-0.39, 0.29) is 18.6 Å². The molecule has 0 aromatic rings. The van der Waals surface area contributed by atoms with Crippen molar-refractivity contribution < 1.29 is 38.1 Å². The van der Waals surface area contributed by atoms with Gasteiger partial charge in [-0.05, 0) is 50.7 Å². The molecule has 1 N–H and O–H groups in total. The summed E-state index contributed by atoms with van der Waals surface area (Å²) in [5.74, 6) is -4.26. The van der Waals surface area contributed by atoms with Crippen molar-refractivity contribution >= 4 is 35.1 Å². The number of fused-ring (bicyclic) bond motifs is 5. The lowest BCUT2D eigenvalue weighted by atomic mass is 9.44. The number of halogens is 2. The standard InChI is InChI=1S/C27H34ClFO7/c1-5-22(33)35-14-21(32)27(36-23(34)13-28)15(2)10-19-18-7-6-16-11-17(30)8-9-24(16,3)26(18,29)20(31)12-25(19,27)4/h8-9,11,15,18-20,31H,5-7,10,12-14H2,1-4H3/t15-,18-,19-,20-,24-,25-,26?,27-/m0/s1. The number of ether oxygens (including phenoxy) is 2. The number of rotatable bonds is 6. The lowest BCUT2D eigenvalue weighted by Gasteiger charge is -2.62. The fraction of sp³-hybridized carbons (Fsp3) is 0.704. The van der Waals surface area contributed by atoms with Crippen LogP contribution in [-0.2, 0) is 28.7 Å². The third-order valence-corrected chi connectivity index (χ3v) is 9.85. The van der Waals surface area contributed by atoms with E-state index in [1.165, 1.54) is 12.2 Å². The van der Waals surface area contributed by atoms with Crippen molar-refractivity contribution in [2.75, 3.05) is 12.5 Å². The summed E-state index contributed by atoms with van der Waals surface area (Å²) < 4.78 is 28.3. The second kappa shape index (κ2) is 9.05. The molecular weight excluding hydrogens is 491 g/mol. The lowest BCUT2D eigenvalue weighted by Crippen LogP contribution is -2.70. The molecule has 36 heavy (non-hydrogen) atoms. The molecule has 1 unspecified atom stereocenters. The van der Waals surface area contributed by atoms with E-state index in [0.29, 0.717) is 24.8 Å². The SMILES string of the molecule is CCC(=O)OCC(=O)[C@@]1(OC(=O)CCl)[C@@H](C)C[C@H]2[C@@H]3CCC4=CC(=O)C=C[C@]4(C)C3(F)[C@@H](O)C[C@@]21C. The minimum Gasteiger partial charge on any atom is -0.457 e. The first-order valence-electron chi connectivity index (χ1n) is 12.6. The zero-order valence-electron chi connectivity index (χ0n) is 21.1. The van der Waals surface area contributed by atoms with Gasteiger partial charge in [-0.3, -0.25) is 19.2 Å². The van der Waals surface area contributed by atoms with E-state index in [0.717, 1.165) is 0 Å². The number of aliphatic hydroxyl groups excluding tert-OH is 1. The second-order valence-corrected chi connectivity index (χ2v) is 11.4. The molecule has 0 heterocycles. The highest BCUT2D eigenvalue weighted by Gasteiger charge is 2.77. The van der Waals surface area contributed by atoms with Gasteiger partial charge in [0.1, 0.15) is 5.88 Å². The first-order valence-corrected chi connectivity index (χ1v) is 13.1. The van der Waals surface area contributed by atoms with E-state index in [1.54, 1.807) is 33.8 Å². The van der Waals surface area contributed by atoms with Crippen LogP contribution in [0, 0.1) is 28.6 Å². The summed E-state index contributed by atoms with van der Waals surface area (Å²) in [5.41, 5.74) is -5.47. The van der Waals surface area contributed by atoms with Gasteiger partial charge in [0.25, 0.3) is 0 Å². The van der Waals surface area contributed by atoms with Gasteiger partial charge in [-0.2, -0.15) is 0 Å². The molecule has 0 amide bonds. The third kappa shape index (κ3) is 3.46. The Labute approximate surface area is 215 Å². The van der Waals surface area contributed by atoms with Crippen LogP contribution in [0.25, 0.3) is 0 Å². The van der Waals surface area contributed by atoms with E-state index >= 15 is 4.39 Å². The minimum absolute atomic E-state index is 0.0762. The first kappa shape index (κ1) is 27.0. The van der Waals surface area contributed by atoms with Gasteiger partial charge in [0, 0.05) is 29.1 Å². The van der Waals surface area contributed by atoms with Gasteiger partial charge in [0.05, 0.1) is 6.10 Å². The highest BCUT2D eigenvalue weighted by Crippen LogP contribution is 2.71. The van der Waals surface area contributed by atoms with Crippen LogP contribution in [0.15, 0.2) is 23.8 Å². The molecule has 3 saturated carbocycles. The van der Waals surface area contributed by atoms with Gasteiger partial charge < -0.3 is 14.6 Å². The molecular formula is C27H34ClFO7. The zero-order valence-corrected chi connectivity index (χ0v) is 21.9. The Balaban J connectivity index is 1.80. The summed E-state index contributed by atoms with van der Waals surface area (Å²) in [5, 5.41) is 11.5. The van der Waals surface area contributed by atoms with Crippen molar-refractivity contribution in [2.45, 2.75) is 77.2 Å². The first-order chi connectivity index (χ1) is 16.8. The molecule has 9 heteroatoms. The molecule has 0 bridgehead atoms. The normalized spacial score (nSPS) is 43.1. The van der Waals surface area contributed by atoms with Gasteiger partial charge in [-0.1, -0.05) is 32.4 Å². The average molecular weight is 525 g/mol. The predicted octanol–water partition coefficient (Wildman–Crippen LogP) is 3.65.